The number of ether oxygens (including phenoxy) is 2. The highest BCUT2D eigenvalue weighted by Gasteiger charge is 2.23. The summed E-state index contributed by atoms with van der Waals surface area (Å²) < 4.78 is 11.4. The van der Waals surface area contributed by atoms with Crippen LogP contribution in [0.3, 0.4) is 0 Å². The molecule has 2 atom stereocenters. The van der Waals surface area contributed by atoms with E-state index in [4.69, 9.17) is 9.47 Å². The standard InChI is InChI=1S/C21H25NO4S/c1-3-25-19(21(23)24)14-16-8-10-17(11-9-16)26-15(2)22-12-13-27-20-7-5-4-6-18(20)22/h4-11,15,19H,3,12-14H2,1-2H3,(H,23,24). The fourth-order valence-electron chi connectivity index (χ4n) is 3.17. The number of para-hydroxylation sites is 1. The van der Waals surface area contributed by atoms with Gasteiger partial charge in [-0.15, -0.1) is 11.8 Å². The van der Waals surface area contributed by atoms with Crippen LogP contribution in [-0.2, 0) is 16.0 Å². The Hall–Kier alpha value is -2.18. The van der Waals surface area contributed by atoms with Gasteiger partial charge in [-0.1, -0.05) is 24.3 Å². The van der Waals surface area contributed by atoms with Gasteiger partial charge in [0.15, 0.2) is 12.3 Å². The fourth-order valence-corrected chi connectivity index (χ4v) is 4.18. The van der Waals surface area contributed by atoms with Crippen molar-refractivity contribution < 1.29 is 19.4 Å². The second kappa shape index (κ2) is 9.15. The number of aliphatic carboxylic acids is 1. The number of carboxylic acids is 1. The number of fused-ring (bicyclic) bond motifs is 1. The van der Waals surface area contributed by atoms with Crippen molar-refractivity contribution >= 4 is 23.4 Å². The lowest BCUT2D eigenvalue weighted by molar-refractivity contribution is -0.149. The van der Waals surface area contributed by atoms with E-state index in [1.165, 1.54) is 10.6 Å². The molecule has 2 unspecified atom stereocenters. The Balaban J connectivity index is 1.64. The summed E-state index contributed by atoms with van der Waals surface area (Å²) in [5.41, 5.74) is 2.12. The van der Waals surface area contributed by atoms with Gasteiger partial charge in [-0.05, 0) is 43.7 Å². The maximum Gasteiger partial charge on any atom is 0.333 e. The Morgan fingerprint density at radius 2 is 1.96 bits per heavy atom. The molecule has 0 saturated carbocycles. The first kappa shape index (κ1) is 19.6. The molecule has 1 aliphatic heterocycles. The Morgan fingerprint density at radius 1 is 1.22 bits per heavy atom. The predicted molar refractivity (Wildman–Crippen MR) is 108 cm³/mol. The average Bonchev–Trinajstić information content (AvgIpc) is 2.68. The van der Waals surface area contributed by atoms with Crippen molar-refractivity contribution in [1.29, 1.82) is 0 Å². The van der Waals surface area contributed by atoms with Gasteiger partial charge in [0, 0.05) is 30.2 Å². The van der Waals surface area contributed by atoms with Crippen LogP contribution in [0.15, 0.2) is 53.4 Å². The summed E-state index contributed by atoms with van der Waals surface area (Å²) >= 11 is 1.87. The fraction of sp³-hybridized carbons (Fsp3) is 0.381. The van der Waals surface area contributed by atoms with E-state index in [0.29, 0.717) is 13.0 Å². The molecule has 0 amide bonds. The third-order valence-corrected chi connectivity index (χ3v) is 5.54. The molecule has 0 bridgehead atoms. The van der Waals surface area contributed by atoms with Crippen molar-refractivity contribution in [1.82, 2.24) is 0 Å². The van der Waals surface area contributed by atoms with Crippen LogP contribution >= 0.6 is 11.8 Å². The molecule has 6 heteroatoms. The van der Waals surface area contributed by atoms with Gasteiger partial charge in [0.05, 0.1) is 5.69 Å². The summed E-state index contributed by atoms with van der Waals surface area (Å²) in [6.45, 7) is 5.17. The molecular weight excluding hydrogens is 362 g/mol. The van der Waals surface area contributed by atoms with E-state index >= 15 is 0 Å². The van der Waals surface area contributed by atoms with Crippen LogP contribution in [0.25, 0.3) is 0 Å². The maximum absolute atomic E-state index is 11.2. The van der Waals surface area contributed by atoms with Crippen molar-refractivity contribution in [2.45, 2.75) is 37.5 Å². The molecule has 0 aromatic heterocycles. The number of benzene rings is 2. The van der Waals surface area contributed by atoms with Gasteiger partial charge in [0.1, 0.15) is 5.75 Å². The van der Waals surface area contributed by atoms with Gasteiger partial charge in [0.2, 0.25) is 0 Å². The summed E-state index contributed by atoms with van der Waals surface area (Å²) in [6.07, 6.45) is -0.563. The van der Waals surface area contributed by atoms with Gasteiger partial charge in [-0.2, -0.15) is 0 Å². The van der Waals surface area contributed by atoms with Crippen molar-refractivity contribution in [2.75, 3.05) is 23.8 Å². The first-order valence-electron chi connectivity index (χ1n) is 9.17. The SMILES string of the molecule is CCOC(Cc1ccc(OC(C)N2CCSc3ccccc32)cc1)C(=O)O. The second-order valence-corrected chi connectivity index (χ2v) is 7.49. The molecule has 0 radical (unpaired) electrons. The van der Waals surface area contributed by atoms with Crippen molar-refractivity contribution in [3.05, 3.63) is 54.1 Å². The van der Waals surface area contributed by atoms with E-state index in [1.54, 1.807) is 6.92 Å². The Morgan fingerprint density at radius 3 is 2.67 bits per heavy atom. The highest BCUT2D eigenvalue weighted by molar-refractivity contribution is 7.99. The number of rotatable bonds is 8. The van der Waals surface area contributed by atoms with E-state index in [-0.39, 0.29) is 6.23 Å². The molecule has 2 aromatic rings. The number of hydrogen-bond donors (Lipinski definition) is 1. The zero-order chi connectivity index (χ0) is 19.2. The number of carbonyl (C=O) groups is 1. The van der Waals surface area contributed by atoms with Crippen LogP contribution in [-0.4, -0.2) is 42.3 Å². The summed E-state index contributed by atoms with van der Waals surface area (Å²) in [5, 5.41) is 9.21. The Kier molecular flexibility index (Phi) is 6.63. The monoisotopic (exact) mass is 387 g/mol. The summed E-state index contributed by atoms with van der Waals surface area (Å²) in [4.78, 5) is 14.8. The molecular formula is C21H25NO4S. The Labute approximate surface area is 164 Å². The summed E-state index contributed by atoms with van der Waals surface area (Å²) in [6, 6.07) is 16.0. The quantitative estimate of drug-likeness (QED) is 0.737. The molecule has 144 valence electrons. The number of nitrogens with zero attached hydrogens (tertiary/aromatic N) is 1. The van der Waals surface area contributed by atoms with E-state index in [9.17, 15) is 9.90 Å². The third kappa shape index (κ3) is 4.96. The molecule has 0 fully saturated rings. The van der Waals surface area contributed by atoms with E-state index in [1.807, 2.05) is 36.0 Å². The third-order valence-electron chi connectivity index (χ3n) is 4.50. The van der Waals surface area contributed by atoms with Crippen molar-refractivity contribution in [2.24, 2.45) is 0 Å². The van der Waals surface area contributed by atoms with Gasteiger partial charge in [0.25, 0.3) is 0 Å². The first-order valence-corrected chi connectivity index (χ1v) is 10.2. The Bertz CT molecular complexity index is 765. The van der Waals surface area contributed by atoms with Crippen LogP contribution in [0.2, 0.25) is 0 Å². The normalized spacial score (nSPS) is 15.7. The lowest BCUT2D eigenvalue weighted by Crippen LogP contribution is -2.40. The van der Waals surface area contributed by atoms with Gasteiger partial charge >= 0.3 is 5.97 Å². The van der Waals surface area contributed by atoms with Crippen LogP contribution in [0.4, 0.5) is 5.69 Å². The lowest BCUT2D eigenvalue weighted by atomic mass is 10.1. The van der Waals surface area contributed by atoms with Gasteiger partial charge in [-0.3, -0.25) is 0 Å². The molecule has 0 spiro atoms. The molecule has 1 N–H and O–H groups in total. The molecule has 0 saturated heterocycles. The average molecular weight is 388 g/mol. The molecule has 1 aliphatic rings. The van der Waals surface area contributed by atoms with Crippen LogP contribution in [0.5, 0.6) is 5.75 Å². The molecule has 5 nitrogen and oxygen atoms in total. The van der Waals surface area contributed by atoms with Crippen LogP contribution in [0, 0.1) is 0 Å². The van der Waals surface area contributed by atoms with Crippen molar-refractivity contribution in [3.8, 4) is 5.75 Å². The largest absolute Gasteiger partial charge is 0.479 e. The number of thioether (sulfide) groups is 1. The lowest BCUT2D eigenvalue weighted by Gasteiger charge is -2.35. The maximum atomic E-state index is 11.2. The molecule has 3 rings (SSSR count). The zero-order valence-corrected chi connectivity index (χ0v) is 16.4. The highest BCUT2D eigenvalue weighted by Crippen LogP contribution is 2.35. The summed E-state index contributed by atoms with van der Waals surface area (Å²) in [7, 11) is 0. The number of anilines is 1. The molecule has 1 heterocycles. The molecule has 2 aromatic carbocycles. The second-order valence-electron chi connectivity index (χ2n) is 6.36. The van der Waals surface area contributed by atoms with E-state index in [2.05, 4.69) is 36.1 Å². The minimum atomic E-state index is -0.938. The van der Waals surface area contributed by atoms with E-state index < -0.39 is 12.1 Å². The summed E-state index contributed by atoms with van der Waals surface area (Å²) in [5.74, 6) is 0.871. The van der Waals surface area contributed by atoms with E-state index in [0.717, 1.165) is 23.6 Å². The van der Waals surface area contributed by atoms with Crippen LogP contribution in [0.1, 0.15) is 19.4 Å². The predicted octanol–water partition coefficient (Wildman–Crippen LogP) is 4.06. The minimum absolute atomic E-state index is 0.0897. The number of carboxylic acid groups (broad SMARTS) is 1. The highest BCUT2D eigenvalue weighted by atomic mass is 32.2. The minimum Gasteiger partial charge on any atom is -0.479 e. The molecule has 27 heavy (non-hydrogen) atoms. The zero-order valence-electron chi connectivity index (χ0n) is 15.6. The van der Waals surface area contributed by atoms with Crippen LogP contribution < -0.4 is 9.64 Å². The topological polar surface area (TPSA) is 59.0 Å². The smallest absolute Gasteiger partial charge is 0.333 e. The molecule has 0 aliphatic carbocycles. The number of hydrogen-bond acceptors (Lipinski definition) is 5. The van der Waals surface area contributed by atoms with Crippen molar-refractivity contribution in [3.63, 3.8) is 0 Å². The van der Waals surface area contributed by atoms with Gasteiger partial charge < -0.3 is 19.5 Å². The van der Waals surface area contributed by atoms with Gasteiger partial charge in [-0.25, -0.2) is 4.79 Å². The first-order chi connectivity index (χ1) is 13.1.